The van der Waals surface area contributed by atoms with Crippen molar-refractivity contribution in [2.24, 2.45) is 0 Å². The minimum atomic E-state index is -1.19. The van der Waals surface area contributed by atoms with Crippen LogP contribution in [0.4, 0.5) is 0 Å². The third kappa shape index (κ3) is 5.19. The zero-order valence-electron chi connectivity index (χ0n) is 13.4. The van der Waals surface area contributed by atoms with E-state index in [1.807, 2.05) is 24.3 Å². The van der Waals surface area contributed by atoms with E-state index >= 15 is 0 Å². The van der Waals surface area contributed by atoms with Crippen molar-refractivity contribution < 1.29 is 15.0 Å². The second-order valence-corrected chi connectivity index (χ2v) is 5.28. The molecule has 0 saturated heterocycles. The summed E-state index contributed by atoms with van der Waals surface area (Å²) in [4.78, 5) is 17.1. The highest BCUT2D eigenvalue weighted by atomic mass is 16.4. The third-order valence-electron chi connectivity index (χ3n) is 3.41. The summed E-state index contributed by atoms with van der Waals surface area (Å²) in [6.07, 6.45) is 0. The maximum absolute atomic E-state index is 9.12. The first kappa shape index (κ1) is 17.7. The van der Waals surface area contributed by atoms with Gasteiger partial charge in [0.15, 0.2) is 0 Å². The van der Waals surface area contributed by atoms with Crippen LogP contribution >= 0.6 is 0 Å². The van der Waals surface area contributed by atoms with Gasteiger partial charge in [-0.3, -0.25) is 0 Å². The Morgan fingerprint density at radius 2 is 1.79 bits per heavy atom. The summed E-state index contributed by atoms with van der Waals surface area (Å²) < 4.78 is 0. The Labute approximate surface area is 140 Å². The molecule has 3 rings (SSSR count). The molecule has 6 heteroatoms. The van der Waals surface area contributed by atoms with Gasteiger partial charge in [-0.1, -0.05) is 42.5 Å². The number of aliphatic carboxylic acids is 1. The van der Waals surface area contributed by atoms with Crippen molar-refractivity contribution in [1.82, 2.24) is 15.3 Å². The molecule has 0 aliphatic rings. The Morgan fingerprint density at radius 3 is 2.42 bits per heavy atom. The number of aliphatic hydroxyl groups is 1. The zero-order valence-corrected chi connectivity index (χ0v) is 13.4. The summed E-state index contributed by atoms with van der Waals surface area (Å²) in [6.45, 7) is 2.19. The molecular formula is C18H21N3O3. The fourth-order valence-electron chi connectivity index (χ4n) is 2.14. The number of H-pyrrole nitrogens is 1. The summed E-state index contributed by atoms with van der Waals surface area (Å²) in [5.41, 5.74) is 3.39. The molecule has 0 fully saturated rings. The first-order valence-corrected chi connectivity index (χ1v) is 7.64. The molecule has 126 valence electrons. The molecular weight excluding hydrogens is 306 g/mol. The third-order valence-corrected chi connectivity index (χ3v) is 3.41. The van der Waals surface area contributed by atoms with Crippen molar-refractivity contribution >= 4 is 17.0 Å². The number of rotatable bonds is 5. The number of para-hydroxylation sites is 2. The first-order valence-electron chi connectivity index (χ1n) is 7.64. The number of aliphatic hydroxyl groups excluding tert-OH is 1. The van der Waals surface area contributed by atoms with Crippen LogP contribution in [0.1, 0.15) is 24.4 Å². The van der Waals surface area contributed by atoms with Crippen LogP contribution in [0.25, 0.3) is 11.0 Å². The molecule has 0 bridgehead atoms. The fourth-order valence-corrected chi connectivity index (χ4v) is 2.14. The van der Waals surface area contributed by atoms with E-state index in [2.05, 4.69) is 52.5 Å². The molecule has 0 amide bonds. The van der Waals surface area contributed by atoms with Gasteiger partial charge in [-0.25, -0.2) is 9.78 Å². The highest BCUT2D eigenvalue weighted by molar-refractivity contribution is 5.74. The predicted octanol–water partition coefficient (Wildman–Crippen LogP) is 2.48. The molecule has 0 radical (unpaired) electrons. The van der Waals surface area contributed by atoms with E-state index in [0.717, 1.165) is 23.4 Å². The molecule has 1 heterocycles. The Hall–Kier alpha value is -2.70. The van der Waals surface area contributed by atoms with E-state index < -0.39 is 12.6 Å². The highest BCUT2D eigenvalue weighted by Gasteiger charge is 2.09. The average Bonchev–Trinajstić information content (AvgIpc) is 3.05. The minimum Gasteiger partial charge on any atom is -0.480 e. The lowest BCUT2D eigenvalue weighted by Crippen LogP contribution is -2.19. The molecule has 0 spiro atoms. The number of imidazole rings is 1. The van der Waals surface area contributed by atoms with E-state index in [1.165, 1.54) is 5.56 Å². The number of fused-ring (bicyclic) bond motifs is 1. The van der Waals surface area contributed by atoms with Gasteiger partial charge in [-0.15, -0.1) is 0 Å². The van der Waals surface area contributed by atoms with Gasteiger partial charge < -0.3 is 20.5 Å². The van der Waals surface area contributed by atoms with Gasteiger partial charge in [0, 0.05) is 6.54 Å². The van der Waals surface area contributed by atoms with Gasteiger partial charge in [0.2, 0.25) is 0 Å². The number of carbonyl (C=O) groups is 1. The Kier molecular flexibility index (Phi) is 6.48. The number of carboxylic acids is 1. The number of benzene rings is 2. The molecule has 6 nitrogen and oxygen atoms in total. The van der Waals surface area contributed by atoms with E-state index in [4.69, 9.17) is 15.0 Å². The molecule has 3 aromatic rings. The number of aromatic nitrogens is 2. The smallest absolute Gasteiger partial charge is 0.329 e. The monoisotopic (exact) mass is 327 g/mol. The quantitative estimate of drug-likeness (QED) is 0.577. The molecule has 4 N–H and O–H groups in total. The zero-order chi connectivity index (χ0) is 17.4. The predicted molar refractivity (Wildman–Crippen MR) is 92.5 cm³/mol. The SMILES string of the molecule is CC(NCc1ccccc1)c1nc2ccccc2[nH]1.O=C(O)CO. The van der Waals surface area contributed by atoms with Gasteiger partial charge in [-0.2, -0.15) is 0 Å². The lowest BCUT2D eigenvalue weighted by atomic mass is 10.2. The second-order valence-electron chi connectivity index (χ2n) is 5.28. The van der Waals surface area contributed by atoms with Crippen LogP contribution in [-0.4, -0.2) is 32.8 Å². The van der Waals surface area contributed by atoms with Crippen LogP contribution in [0.2, 0.25) is 0 Å². The largest absolute Gasteiger partial charge is 0.480 e. The summed E-state index contributed by atoms with van der Waals surface area (Å²) in [5, 5.41) is 18.5. The van der Waals surface area contributed by atoms with E-state index in [0.29, 0.717) is 0 Å². The first-order chi connectivity index (χ1) is 11.6. The number of hydrogen-bond acceptors (Lipinski definition) is 4. The fraction of sp³-hybridized carbons (Fsp3) is 0.222. The lowest BCUT2D eigenvalue weighted by Gasteiger charge is -2.11. The van der Waals surface area contributed by atoms with Gasteiger partial charge in [0.25, 0.3) is 0 Å². The van der Waals surface area contributed by atoms with Crippen molar-refractivity contribution in [3.8, 4) is 0 Å². The average molecular weight is 327 g/mol. The molecule has 0 saturated carbocycles. The number of aromatic amines is 1. The summed E-state index contributed by atoms with van der Waals surface area (Å²) in [7, 11) is 0. The topological polar surface area (TPSA) is 98.2 Å². The molecule has 0 aliphatic carbocycles. The van der Waals surface area contributed by atoms with Crippen molar-refractivity contribution in [2.45, 2.75) is 19.5 Å². The highest BCUT2D eigenvalue weighted by Crippen LogP contribution is 2.15. The molecule has 1 aromatic heterocycles. The van der Waals surface area contributed by atoms with Gasteiger partial charge in [-0.05, 0) is 24.6 Å². The summed E-state index contributed by atoms with van der Waals surface area (Å²) in [6, 6.07) is 18.7. The summed E-state index contributed by atoms with van der Waals surface area (Å²) >= 11 is 0. The van der Waals surface area contributed by atoms with Crippen LogP contribution in [0, 0.1) is 0 Å². The maximum Gasteiger partial charge on any atom is 0.329 e. The van der Waals surface area contributed by atoms with Crippen molar-refractivity contribution in [1.29, 1.82) is 0 Å². The minimum absolute atomic E-state index is 0.201. The number of nitrogens with zero attached hydrogens (tertiary/aromatic N) is 1. The number of carboxylic acid groups (broad SMARTS) is 1. The maximum atomic E-state index is 9.12. The van der Waals surface area contributed by atoms with Crippen molar-refractivity contribution in [3.05, 3.63) is 66.0 Å². The second kappa shape index (κ2) is 8.81. The van der Waals surface area contributed by atoms with Crippen molar-refractivity contribution in [2.75, 3.05) is 6.61 Å². The van der Waals surface area contributed by atoms with Gasteiger partial charge in [0.1, 0.15) is 12.4 Å². The van der Waals surface area contributed by atoms with E-state index in [9.17, 15) is 0 Å². The molecule has 1 atom stereocenters. The van der Waals surface area contributed by atoms with Crippen LogP contribution in [0.5, 0.6) is 0 Å². The normalized spacial score (nSPS) is 11.6. The molecule has 1 unspecified atom stereocenters. The molecule has 0 aliphatic heterocycles. The van der Waals surface area contributed by atoms with E-state index in [1.54, 1.807) is 0 Å². The number of hydrogen-bond donors (Lipinski definition) is 4. The van der Waals surface area contributed by atoms with Crippen LogP contribution < -0.4 is 5.32 Å². The van der Waals surface area contributed by atoms with Crippen molar-refractivity contribution in [3.63, 3.8) is 0 Å². The number of nitrogens with one attached hydrogen (secondary N) is 2. The molecule has 24 heavy (non-hydrogen) atoms. The lowest BCUT2D eigenvalue weighted by molar-refractivity contribution is -0.140. The van der Waals surface area contributed by atoms with Crippen LogP contribution in [0.3, 0.4) is 0 Å². The Bertz CT molecular complexity index is 738. The van der Waals surface area contributed by atoms with E-state index in [-0.39, 0.29) is 6.04 Å². The standard InChI is InChI=1S/C16H17N3.C2H4O3/c1-12(17-11-13-7-3-2-4-8-13)16-18-14-9-5-6-10-15(14)19-16;3-1-2(4)5/h2-10,12,17H,11H2,1H3,(H,18,19);3H,1H2,(H,4,5). The van der Waals surface area contributed by atoms with Crippen LogP contribution in [-0.2, 0) is 11.3 Å². The molecule has 2 aromatic carbocycles. The Morgan fingerprint density at radius 1 is 1.17 bits per heavy atom. The van der Waals surface area contributed by atoms with Gasteiger partial charge >= 0.3 is 5.97 Å². The van der Waals surface area contributed by atoms with Crippen LogP contribution in [0.15, 0.2) is 54.6 Å². The Balaban J connectivity index is 0.000000368. The van der Waals surface area contributed by atoms with Gasteiger partial charge in [0.05, 0.1) is 17.1 Å². The summed E-state index contributed by atoms with van der Waals surface area (Å²) in [5.74, 6) is -0.206.